The third-order valence-electron chi connectivity index (χ3n) is 2.64. The van der Waals surface area contributed by atoms with E-state index in [1.165, 1.54) is 0 Å². The molecule has 0 amide bonds. The molecule has 5 nitrogen and oxygen atoms in total. The molecular formula is C7H15N3O2S. The van der Waals surface area contributed by atoms with Crippen LogP contribution in [0.3, 0.4) is 0 Å². The lowest BCUT2D eigenvalue weighted by Crippen LogP contribution is -2.50. The van der Waals surface area contributed by atoms with E-state index in [1.54, 1.807) is 11.2 Å². The Kier molecular flexibility index (Phi) is 2.31. The van der Waals surface area contributed by atoms with Crippen molar-refractivity contribution in [1.29, 1.82) is 0 Å². The Hall–Kier alpha value is -0.170. The Labute approximate surface area is 78.7 Å². The number of rotatable bonds is 3. The largest absolute Gasteiger partial charge is 0.311 e. The number of fused-ring (bicyclic) bond motifs is 2. The number of nitrogens with one attached hydrogen (secondary N) is 2. The van der Waals surface area contributed by atoms with E-state index < -0.39 is 10.2 Å². The molecule has 13 heavy (non-hydrogen) atoms. The summed E-state index contributed by atoms with van der Waals surface area (Å²) in [5.74, 6) is 0. The molecule has 76 valence electrons. The van der Waals surface area contributed by atoms with Crippen LogP contribution < -0.4 is 10.0 Å². The normalized spacial score (nSPS) is 34.2. The lowest BCUT2D eigenvalue weighted by molar-refractivity contribution is 0.344. The minimum atomic E-state index is -3.20. The Morgan fingerprint density at radius 3 is 2.85 bits per heavy atom. The fourth-order valence-electron chi connectivity index (χ4n) is 2.08. The molecule has 2 N–H and O–H groups in total. The first-order valence-electron chi connectivity index (χ1n) is 4.63. The number of hydrogen-bond donors (Lipinski definition) is 2. The van der Waals surface area contributed by atoms with Crippen LogP contribution in [0, 0.1) is 0 Å². The van der Waals surface area contributed by atoms with Gasteiger partial charge in [0.05, 0.1) is 0 Å². The van der Waals surface area contributed by atoms with Gasteiger partial charge in [-0.1, -0.05) is 6.92 Å². The van der Waals surface area contributed by atoms with E-state index in [4.69, 9.17) is 0 Å². The van der Waals surface area contributed by atoms with E-state index in [2.05, 4.69) is 10.0 Å². The zero-order valence-corrected chi connectivity index (χ0v) is 8.47. The van der Waals surface area contributed by atoms with Crippen LogP contribution in [0.5, 0.6) is 0 Å². The molecule has 2 bridgehead atoms. The molecule has 2 fully saturated rings. The van der Waals surface area contributed by atoms with E-state index in [-0.39, 0.29) is 6.04 Å². The minimum absolute atomic E-state index is 0.175. The van der Waals surface area contributed by atoms with Gasteiger partial charge in [-0.2, -0.15) is 12.7 Å². The minimum Gasteiger partial charge on any atom is -0.311 e. The maximum absolute atomic E-state index is 11.6. The quantitative estimate of drug-likeness (QED) is 0.614. The standard InChI is InChI=1S/C7H15N3O2S/c1-2-9-13(11,12)10-5-6-3-7(10)4-8-6/h6-9H,2-5H2,1H3. The Bertz CT molecular complexity index is 290. The van der Waals surface area contributed by atoms with Gasteiger partial charge in [0, 0.05) is 31.7 Å². The highest BCUT2D eigenvalue weighted by Gasteiger charge is 2.43. The Morgan fingerprint density at radius 1 is 1.62 bits per heavy atom. The highest BCUT2D eigenvalue weighted by molar-refractivity contribution is 7.87. The highest BCUT2D eigenvalue weighted by Crippen LogP contribution is 2.25. The molecule has 2 rings (SSSR count). The second-order valence-electron chi connectivity index (χ2n) is 3.57. The van der Waals surface area contributed by atoms with E-state index in [1.807, 2.05) is 0 Å². The van der Waals surface area contributed by atoms with Crippen LogP contribution in [-0.2, 0) is 10.2 Å². The molecule has 2 unspecified atom stereocenters. The van der Waals surface area contributed by atoms with Gasteiger partial charge >= 0.3 is 0 Å². The SMILES string of the molecule is CCNS(=O)(=O)N1CC2CC1CN2. The maximum Gasteiger partial charge on any atom is 0.279 e. The van der Waals surface area contributed by atoms with Crippen molar-refractivity contribution >= 4 is 10.2 Å². The average Bonchev–Trinajstić information content (AvgIpc) is 2.63. The molecule has 2 heterocycles. The molecule has 0 aromatic rings. The predicted molar refractivity (Wildman–Crippen MR) is 49.5 cm³/mol. The third kappa shape index (κ3) is 1.59. The summed E-state index contributed by atoms with van der Waals surface area (Å²) in [5.41, 5.74) is 0. The first-order chi connectivity index (χ1) is 6.13. The van der Waals surface area contributed by atoms with Crippen LogP contribution >= 0.6 is 0 Å². The number of piperazine rings is 1. The van der Waals surface area contributed by atoms with Gasteiger partial charge in [-0.05, 0) is 6.42 Å². The monoisotopic (exact) mass is 205 g/mol. The summed E-state index contributed by atoms with van der Waals surface area (Å²) in [7, 11) is -3.20. The Morgan fingerprint density at radius 2 is 2.38 bits per heavy atom. The van der Waals surface area contributed by atoms with Crippen molar-refractivity contribution in [3.63, 3.8) is 0 Å². The van der Waals surface area contributed by atoms with Gasteiger partial charge in [-0.25, -0.2) is 4.72 Å². The van der Waals surface area contributed by atoms with Crippen LogP contribution in [0.15, 0.2) is 0 Å². The number of nitrogens with zero attached hydrogens (tertiary/aromatic N) is 1. The lowest BCUT2D eigenvalue weighted by atomic mass is 10.2. The van der Waals surface area contributed by atoms with Crippen molar-refractivity contribution in [3.05, 3.63) is 0 Å². The van der Waals surface area contributed by atoms with E-state index in [9.17, 15) is 8.42 Å². The molecule has 6 heteroatoms. The first-order valence-corrected chi connectivity index (χ1v) is 6.07. The molecule has 0 saturated carbocycles. The fourth-order valence-corrected chi connectivity index (χ4v) is 3.54. The molecule has 2 aliphatic rings. The van der Waals surface area contributed by atoms with Crippen LogP contribution in [0.25, 0.3) is 0 Å². The van der Waals surface area contributed by atoms with Crippen molar-refractivity contribution in [2.45, 2.75) is 25.4 Å². The smallest absolute Gasteiger partial charge is 0.279 e. The zero-order chi connectivity index (χ0) is 9.47. The van der Waals surface area contributed by atoms with Gasteiger partial charge < -0.3 is 5.32 Å². The molecule has 2 saturated heterocycles. The number of hydrogen-bond acceptors (Lipinski definition) is 3. The zero-order valence-electron chi connectivity index (χ0n) is 7.66. The molecular weight excluding hydrogens is 190 g/mol. The topological polar surface area (TPSA) is 61.4 Å². The second-order valence-corrected chi connectivity index (χ2v) is 5.28. The van der Waals surface area contributed by atoms with Crippen molar-refractivity contribution in [1.82, 2.24) is 14.3 Å². The summed E-state index contributed by atoms with van der Waals surface area (Å²) in [6, 6.07) is 0.549. The van der Waals surface area contributed by atoms with E-state index in [0.29, 0.717) is 19.1 Å². The molecule has 0 spiro atoms. The molecule has 0 radical (unpaired) electrons. The lowest BCUT2D eigenvalue weighted by Gasteiger charge is -2.26. The second kappa shape index (κ2) is 3.20. The maximum atomic E-state index is 11.6. The van der Waals surface area contributed by atoms with Crippen LogP contribution in [0.1, 0.15) is 13.3 Å². The van der Waals surface area contributed by atoms with Gasteiger partial charge in [0.2, 0.25) is 0 Å². The van der Waals surface area contributed by atoms with Gasteiger partial charge in [0.15, 0.2) is 0 Å². The molecule has 0 aromatic carbocycles. The summed E-state index contributed by atoms with van der Waals surface area (Å²) < 4.78 is 27.3. The molecule has 2 aliphatic heterocycles. The first kappa shape index (κ1) is 9.39. The predicted octanol–water partition coefficient (Wildman–Crippen LogP) is -1.11. The highest BCUT2D eigenvalue weighted by atomic mass is 32.2. The van der Waals surface area contributed by atoms with Crippen LogP contribution in [0.2, 0.25) is 0 Å². The van der Waals surface area contributed by atoms with Crippen molar-refractivity contribution in [2.24, 2.45) is 0 Å². The van der Waals surface area contributed by atoms with Gasteiger partial charge in [-0.3, -0.25) is 0 Å². The Balaban J connectivity index is 2.10. The summed E-state index contributed by atoms with van der Waals surface area (Å²) in [6.45, 7) is 3.68. The summed E-state index contributed by atoms with van der Waals surface area (Å²) in [5, 5.41) is 3.27. The molecule has 0 aliphatic carbocycles. The summed E-state index contributed by atoms with van der Waals surface area (Å²) in [6.07, 6.45) is 0.963. The van der Waals surface area contributed by atoms with Gasteiger partial charge in [0.25, 0.3) is 10.2 Å². The van der Waals surface area contributed by atoms with Crippen LogP contribution in [0.4, 0.5) is 0 Å². The van der Waals surface area contributed by atoms with Crippen LogP contribution in [-0.4, -0.2) is 44.4 Å². The van der Waals surface area contributed by atoms with E-state index >= 15 is 0 Å². The summed E-state index contributed by atoms with van der Waals surface area (Å²) in [4.78, 5) is 0. The van der Waals surface area contributed by atoms with Gasteiger partial charge in [0.1, 0.15) is 0 Å². The third-order valence-corrected chi connectivity index (χ3v) is 4.36. The molecule has 2 atom stereocenters. The van der Waals surface area contributed by atoms with Crippen molar-refractivity contribution < 1.29 is 8.42 Å². The summed E-state index contributed by atoms with van der Waals surface area (Å²) >= 11 is 0. The molecule has 0 aromatic heterocycles. The van der Waals surface area contributed by atoms with Crippen molar-refractivity contribution in [2.75, 3.05) is 19.6 Å². The van der Waals surface area contributed by atoms with Gasteiger partial charge in [-0.15, -0.1) is 0 Å². The fraction of sp³-hybridized carbons (Fsp3) is 1.00. The van der Waals surface area contributed by atoms with Crippen molar-refractivity contribution in [3.8, 4) is 0 Å². The van der Waals surface area contributed by atoms with E-state index in [0.717, 1.165) is 13.0 Å². The average molecular weight is 205 g/mol.